The number of nitrogens with one attached hydrogen (secondary N) is 3. The van der Waals surface area contributed by atoms with E-state index < -0.39 is 5.97 Å². The summed E-state index contributed by atoms with van der Waals surface area (Å²) in [6.45, 7) is 1.88. The maximum Gasteiger partial charge on any atom is 0.339 e. The van der Waals surface area contributed by atoms with Gasteiger partial charge in [0.05, 0.1) is 30.5 Å². The second-order valence-corrected chi connectivity index (χ2v) is 6.80. The molecule has 0 radical (unpaired) electrons. The van der Waals surface area contributed by atoms with Gasteiger partial charge in [0.1, 0.15) is 0 Å². The lowest BCUT2D eigenvalue weighted by molar-refractivity contribution is -0.114. The van der Waals surface area contributed by atoms with Crippen molar-refractivity contribution in [3.63, 3.8) is 0 Å². The van der Waals surface area contributed by atoms with Gasteiger partial charge in [-0.15, -0.1) is 0 Å². The zero-order valence-electron chi connectivity index (χ0n) is 17.3. The average molecular weight is 417 g/mol. The van der Waals surface area contributed by atoms with Gasteiger partial charge in [0.25, 0.3) is 5.91 Å². The lowest BCUT2D eigenvalue weighted by Crippen LogP contribution is -2.24. The molecule has 0 fully saturated rings. The standard InChI is InChI=1S/C24H23N3O4/c1-16-11-13-17(14-12-16)26-23(29)18-7-3-5-9-20(18)25-15-22(28)27-21-10-6-4-8-19(21)24(30)31-2/h3-14,25H,15H2,1-2H3,(H,26,29)(H,27,28). The summed E-state index contributed by atoms with van der Waals surface area (Å²) in [4.78, 5) is 37.0. The summed E-state index contributed by atoms with van der Waals surface area (Å²) in [7, 11) is 1.28. The van der Waals surface area contributed by atoms with Crippen molar-refractivity contribution in [1.29, 1.82) is 0 Å². The normalized spacial score (nSPS) is 10.1. The number of amides is 2. The molecule has 3 aromatic carbocycles. The van der Waals surface area contributed by atoms with Gasteiger partial charge >= 0.3 is 5.97 Å². The molecule has 0 saturated carbocycles. The predicted molar refractivity (Wildman–Crippen MR) is 120 cm³/mol. The highest BCUT2D eigenvalue weighted by Crippen LogP contribution is 2.19. The monoisotopic (exact) mass is 417 g/mol. The molecule has 158 valence electrons. The SMILES string of the molecule is COC(=O)c1ccccc1NC(=O)CNc1ccccc1C(=O)Nc1ccc(C)cc1. The number of esters is 1. The quantitative estimate of drug-likeness (QED) is 0.503. The van der Waals surface area contributed by atoms with E-state index in [4.69, 9.17) is 4.74 Å². The average Bonchev–Trinajstić information content (AvgIpc) is 2.79. The van der Waals surface area contributed by atoms with Gasteiger partial charge in [-0.05, 0) is 43.3 Å². The minimum Gasteiger partial charge on any atom is -0.465 e. The highest BCUT2D eigenvalue weighted by Gasteiger charge is 2.15. The first-order valence-electron chi connectivity index (χ1n) is 9.66. The Hall–Kier alpha value is -4.13. The molecule has 7 heteroatoms. The first kappa shape index (κ1) is 21.6. The summed E-state index contributed by atoms with van der Waals surface area (Å²) in [5.41, 5.74) is 3.32. The summed E-state index contributed by atoms with van der Waals surface area (Å²) in [5, 5.41) is 8.52. The first-order chi connectivity index (χ1) is 15.0. The number of ether oxygens (including phenoxy) is 1. The fraction of sp³-hybridized carbons (Fsp3) is 0.125. The van der Waals surface area contributed by atoms with E-state index in [0.717, 1.165) is 5.56 Å². The molecule has 0 aliphatic carbocycles. The number of carbonyl (C=O) groups excluding carboxylic acids is 3. The molecule has 3 N–H and O–H groups in total. The zero-order chi connectivity index (χ0) is 22.2. The number of aryl methyl sites for hydroxylation is 1. The molecule has 7 nitrogen and oxygen atoms in total. The van der Waals surface area contributed by atoms with Crippen LogP contribution in [0.15, 0.2) is 72.8 Å². The third-order valence-corrected chi connectivity index (χ3v) is 4.53. The van der Waals surface area contributed by atoms with Crippen LogP contribution in [0.3, 0.4) is 0 Å². The van der Waals surface area contributed by atoms with Gasteiger partial charge in [-0.1, -0.05) is 42.0 Å². The number of para-hydroxylation sites is 2. The lowest BCUT2D eigenvalue weighted by Gasteiger charge is -2.13. The van der Waals surface area contributed by atoms with Crippen LogP contribution in [0, 0.1) is 6.92 Å². The Balaban J connectivity index is 1.66. The fourth-order valence-electron chi connectivity index (χ4n) is 2.92. The van der Waals surface area contributed by atoms with Crippen molar-refractivity contribution in [3.8, 4) is 0 Å². The highest BCUT2D eigenvalue weighted by atomic mass is 16.5. The summed E-state index contributed by atoms with van der Waals surface area (Å²) in [6, 6.07) is 21.0. The Morgan fingerprint density at radius 1 is 0.774 bits per heavy atom. The number of benzene rings is 3. The third kappa shape index (κ3) is 5.70. The van der Waals surface area contributed by atoms with Crippen molar-refractivity contribution < 1.29 is 19.1 Å². The van der Waals surface area contributed by atoms with E-state index in [1.54, 1.807) is 48.5 Å². The number of hydrogen-bond acceptors (Lipinski definition) is 5. The van der Waals surface area contributed by atoms with Crippen LogP contribution in [-0.4, -0.2) is 31.4 Å². The van der Waals surface area contributed by atoms with Crippen LogP contribution >= 0.6 is 0 Å². The molecule has 3 aromatic rings. The molecule has 0 spiro atoms. The van der Waals surface area contributed by atoms with Crippen molar-refractivity contribution in [2.75, 3.05) is 29.6 Å². The van der Waals surface area contributed by atoms with E-state index in [0.29, 0.717) is 22.6 Å². The maximum atomic E-state index is 12.7. The number of anilines is 3. The number of rotatable bonds is 7. The van der Waals surface area contributed by atoms with Crippen LogP contribution in [0.25, 0.3) is 0 Å². The fourth-order valence-corrected chi connectivity index (χ4v) is 2.92. The Morgan fingerprint density at radius 2 is 1.39 bits per heavy atom. The molecule has 0 bridgehead atoms. The molecular formula is C24H23N3O4. The zero-order valence-corrected chi connectivity index (χ0v) is 17.3. The maximum absolute atomic E-state index is 12.7. The molecule has 2 amide bonds. The molecular weight excluding hydrogens is 394 g/mol. The highest BCUT2D eigenvalue weighted by molar-refractivity contribution is 6.08. The van der Waals surface area contributed by atoms with Gasteiger partial charge < -0.3 is 20.7 Å². The van der Waals surface area contributed by atoms with Gasteiger partial charge in [0, 0.05) is 11.4 Å². The summed E-state index contributed by atoms with van der Waals surface area (Å²) in [5.74, 6) is -1.20. The van der Waals surface area contributed by atoms with Crippen LogP contribution in [0.5, 0.6) is 0 Å². The van der Waals surface area contributed by atoms with E-state index in [1.807, 2.05) is 31.2 Å². The van der Waals surface area contributed by atoms with Crippen LogP contribution in [0.4, 0.5) is 17.1 Å². The van der Waals surface area contributed by atoms with Gasteiger partial charge in [-0.2, -0.15) is 0 Å². The van der Waals surface area contributed by atoms with E-state index in [2.05, 4.69) is 16.0 Å². The lowest BCUT2D eigenvalue weighted by atomic mass is 10.1. The molecule has 31 heavy (non-hydrogen) atoms. The molecule has 0 saturated heterocycles. The largest absolute Gasteiger partial charge is 0.465 e. The van der Waals surface area contributed by atoms with Crippen LogP contribution < -0.4 is 16.0 Å². The first-order valence-corrected chi connectivity index (χ1v) is 9.66. The third-order valence-electron chi connectivity index (χ3n) is 4.53. The number of hydrogen-bond donors (Lipinski definition) is 3. The molecule has 0 heterocycles. The Labute approximate surface area is 180 Å². The molecule has 0 aromatic heterocycles. The van der Waals surface area contributed by atoms with Crippen LogP contribution in [-0.2, 0) is 9.53 Å². The summed E-state index contributed by atoms with van der Waals surface area (Å²) in [6.07, 6.45) is 0. The van der Waals surface area contributed by atoms with E-state index >= 15 is 0 Å². The molecule has 0 aliphatic rings. The van der Waals surface area contributed by atoms with Crippen LogP contribution in [0.2, 0.25) is 0 Å². The molecule has 3 rings (SSSR count). The van der Waals surface area contributed by atoms with E-state index in [9.17, 15) is 14.4 Å². The molecule has 0 unspecified atom stereocenters. The second-order valence-electron chi connectivity index (χ2n) is 6.80. The van der Waals surface area contributed by atoms with Crippen molar-refractivity contribution in [3.05, 3.63) is 89.5 Å². The smallest absolute Gasteiger partial charge is 0.339 e. The van der Waals surface area contributed by atoms with Gasteiger partial charge in [-0.3, -0.25) is 9.59 Å². The van der Waals surface area contributed by atoms with Gasteiger partial charge in [0.2, 0.25) is 5.91 Å². The molecule has 0 aliphatic heterocycles. The summed E-state index contributed by atoms with van der Waals surface area (Å²) < 4.78 is 4.73. The van der Waals surface area contributed by atoms with Crippen molar-refractivity contribution in [2.45, 2.75) is 6.92 Å². The Bertz CT molecular complexity index is 1090. The van der Waals surface area contributed by atoms with Gasteiger partial charge in [0.15, 0.2) is 0 Å². The Kier molecular flexibility index (Phi) is 7.01. The number of carbonyl (C=O) groups is 3. The van der Waals surface area contributed by atoms with E-state index in [-0.39, 0.29) is 23.9 Å². The predicted octanol–water partition coefficient (Wildman–Crippen LogP) is 4.08. The van der Waals surface area contributed by atoms with Crippen molar-refractivity contribution in [2.24, 2.45) is 0 Å². The van der Waals surface area contributed by atoms with Gasteiger partial charge in [-0.25, -0.2) is 4.79 Å². The summed E-state index contributed by atoms with van der Waals surface area (Å²) >= 11 is 0. The van der Waals surface area contributed by atoms with Crippen molar-refractivity contribution in [1.82, 2.24) is 0 Å². The Morgan fingerprint density at radius 3 is 2.06 bits per heavy atom. The topological polar surface area (TPSA) is 96.5 Å². The van der Waals surface area contributed by atoms with E-state index in [1.165, 1.54) is 7.11 Å². The molecule has 0 atom stereocenters. The van der Waals surface area contributed by atoms with Crippen molar-refractivity contribution >= 4 is 34.8 Å². The minimum atomic E-state index is -0.540. The second kappa shape index (κ2) is 10.1. The number of methoxy groups -OCH3 is 1. The minimum absolute atomic E-state index is 0.0929. The van der Waals surface area contributed by atoms with Crippen LogP contribution in [0.1, 0.15) is 26.3 Å².